The van der Waals surface area contributed by atoms with E-state index >= 15 is 0 Å². The predicted octanol–water partition coefficient (Wildman–Crippen LogP) is 1.31. The maximum absolute atomic E-state index is 12.6. The second-order valence-electron chi connectivity index (χ2n) is 2.09. The minimum absolute atomic E-state index is 0.294. The van der Waals surface area contributed by atoms with Gasteiger partial charge in [0.05, 0.1) is 0 Å². The summed E-state index contributed by atoms with van der Waals surface area (Å²) in [7, 11) is 0. The van der Waals surface area contributed by atoms with Crippen LogP contribution in [0.1, 0.15) is 5.56 Å². The Kier molecular flexibility index (Phi) is 2.58. The first kappa shape index (κ1) is 8.34. The SMILES string of the molecule is Cc1ccc(F)c(Cl)[c]1[SnH]. The van der Waals surface area contributed by atoms with E-state index in [1.54, 1.807) is 6.07 Å². The average Bonchev–Trinajstić information content (AvgIpc) is 1.93. The second-order valence-corrected chi connectivity index (χ2v) is 4.12. The van der Waals surface area contributed by atoms with Crippen LogP contribution < -0.4 is 3.58 Å². The van der Waals surface area contributed by atoms with Gasteiger partial charge >= 0.3 is 77.6 Å². The van der Waals surface area contributed by atoms with Gasteiger partial charge in [-0.05, 0) is 0 Å². The Balaban J connectivity index is 3.34. The molecule has 0 aliphatic carbocycles. The van der Waals surface area contributed by atoms with E-state index in [0.29, 0.717) is 5.02 Å². The van der Waals surface area contributed by atoms with Crippen molar-refractivity contribution >= 4 is 37.7 Å². The van der Waals surface area contributed by atoms with Crippen molar-refractivity contribution in [3.05, 3.63) is 28.5 Å². The summed E-state index contributed by atoms with van der Waals surface area (Å²) in [5, 5.41) is 0.294. The summed E-state index contributed by atoms with van der Waals surface area (Å²) < 4.78 is 13.6. The molecule has 0 saturated carbocycles. The third-order valence-corrected chi connectivity index (χ3v) is 4.38. The molecule has 0 aliphatic rings. The molecule has 0 N–H and O–H groups in total. The number of hydrogen-bond acceptors (Lipinski definition) is 0. The Labute approximate surface area is 77.5 Å². The third kappa shape index (κ3) is 1.45. The van der Waals surface area contributed by atoms with E-state index in [2.05, 4.69) is 0 Å². The molecule has 0 aliphatic heterocycles. The van der Waals surface area contributed by atoms with Gasteiger partial charge in [-0.1, -0.05) is 0 Å². The number of halogens is 2. The fourth-order valence-corrected chi connectivity index (χ4v) is 1.54. The van der Waals surface area contributed by atoms with Crippen LogP contribution in [-0.2, 0) is 0 Å². The molecule has 1 aromatic rings. The topological polar surface area (TPSA) is 0 Å². The summed E-state index contributed by atoms with van der Waals surface area (Å²) >= 11 is 6.51. The monoisotopic (exact) mass is 264 g/mol. The summed E-state index contributed by atoms with van der Waals surface area (Å²) in [6.45, 7) is 1.94. The van der Waals surface area contributed by atoms with Crippen molar-refractivity contribution < 1.29 is 4.39 Å². The fraction of sp³-hybridized carbons (Fsp3) is 0.143. The molecular formula is C7H6ClFSn. The van der Waals surface area contributed by atoms with Crippen LogP contribution in [0.25, 0.3) is 0 Å². The molecule has 0 amide bonds. The van der Waals surface area contributed by atoms with Crippen molar-refractivity contribution in [2.75, 3.05) is 0 Å². The molecular weight excluding hydrogens is 257 g/mol. The van der Waals surface area contributed by atoms with E-state index < -0.39 is 0 Å². The Morgan fingerprint density at radius 3 is 2.60 bits per heavy atom. The number of benzene rings is 1. The zero-order valence-electron chi connectivity index (χ0n) is 5.49. The molecule has 0 spiro atoms. The summed E-state index contributed by atoms with van der Waals surface area (Å²) in [6.07, 6.45) is 0. The average molecular weight is 263 g/mol. The standard InChI is InChI=1S/C7H5ClF.Sn.H/c1-5-2-3-7(9)6(8)4-5;;/h2-3H,1H3;;. The van der Waals surface area contributed by atoms with Crippen LogP contribution in [0.5, 0.6) is 0 Å². The van der Waals surface area contributed by atoms with Gasteiger partial charge in [-0.3, -0.25) is 0 Å². The van der Waals surface area contributed by atoms with Gasteiger partial charge in [0.2, 0.25) is 0 Å². The van der Waals surface area contributed by atoms with Gasteiger partial charge in [0.15, 0.2) is 0 Å². The van der Waals surface area contributed by atoms with Crippen LogP contribution in [0.4, 0.5) is 4.39 Å². The van der Waals surface area contributed by atoms with E-state index in [1.165, 1.54) is 6.07 Å². The molecule has 0 aromatic heterocycles. The zero-order chi connectivity index (χ0) is 7.72. The van der Waals surface area contributed by atoms with Gasteiger partial charge in [-0.2, -0.15) is 0 Å². The molecule has 10 heavy (non-hydrogen) atoms. The molecule has 0 heterocycles. The molecule has 0 saturated heterocycles. The normalized spacial score (nSPS) is 10.0. The first-order valence-electron chi connectivity index (χ1n) is 2.83. The minimum atomic E-state index is -0.310. The second kappa shape index (κ2) is 3.09. The van der Waals surface area contributed by atoms with E-state index in [1.807, 2.05) is 6.92 Å². The third-order valence-electron chi connectivity index (χ3n) is 1.35. The number of rotatable bonds is 0. The van der Waals surface area contributed by atoms with Crippen LogP contribution in [0.15, 0.2) is 12.1 Å². The van der Waals surface area contributed by atoms with Crippen LogP contribution in [0, 0.1) is 12.7 Å². The number of aryl methyl sites for hydroxylation is 1. The van der Waals surface area contributed by atoms with Crippen LogP contribution in [0.2, 0.25) is 5.02 Å². The molecule has 0 fully saturated rings. The van der Waals surface area contributed by atoms with Gasteiger partial charge in [0.25, 0.3) is 0 Å². The Hall–Kier alpha value is 0.239. The number of hydrogen-bond donors (Lipinski definition) is 0. The molecule has 1 rings (SSSR count). The fourth-order valence-electron chi connectivity index (χ4n) is 0.663. The molecule has 0 nitrogen and oxygen atoms in total. The Morgan fingerprint density at radius 1 is 1.50 bits per heavy atom. The van der Waals surface area contributed by atoms with Crippen molar-refractivity contribution in [2.24, 2.45) is 0 Å². The van der Waals surface area contributed by atoms with E-state index in [4.69, 9.17) is 11.6 Å². The van der Waals surface area contributed by atoms with Crippen molar-refractivity contribution in [1.82, 2.24) is 0 Å². The first-order chi connectivity index (χ1) is 4.63. The zero-order valence-corrected chi connectivity index (χ0v) is 9.54. The van der Waals surface area contributed by atoms with Crippen molar-refractivity contribution in [2.45, 2.75) is 6.92 Å². The molecule has 52 valence electrons. The summed E-state index contributed by atoms with van der Waals surface area (Å²) in [5.74, 6) is -0.310. The summed E-state index contributed by atoms with van der Waals surface area (Å²) in [6, 6.07) is 3.15. The molecule has 0 unspecified atom stereocenters. The van der Waals surface area contributed by atoms with Gasteiger partial charge in [-0.15, -0.1) is 0 Å². The van der Waals surface area contributed by atoms with E-state index in [-0.39, 0.29) is 5.82 Å². The van der Waals surface area contributed by atoms with Crippen LogP contribution >= 0.6 is 11.6 Å². The first-order valence-corrected chi connectivity index (χ1v) is 4.85. The van der Waals surface area contributed by atoms with Crippen LogP contribution in [0.3, 0.4) is 0 Å². The van der Waals surface area contributed by atoms with E-state index in [9.17, 15) is 4.39 Å². The molecule has 2 radical (unpaired) electrons. The maximum atomic E-state index is 12.6. The van der Waals surface area contributed by atoms with Crippen molar-refractivity contribution in [3.8, 4) is 0 Å². The molecule has 0 atom stereocenters. The van der Waals surface area contributed by atoms with Crippen molar-refractivity contribution in [3.63, 3.8) is 0 Å². The Bertz CT molecular complexity index is 233. The van der Waals surface area contributed by atoms with Gasteiger partial charge < -0.3 is 0 Å². The molecule has 3 heteroatoms. The van der Waals surface area contributed by atoms with Crippen molar-refractivity contribution in [1.29, 1.82) is 0 Å². The van der Waals surface area contributed by atoms with E-state index in [0.717, 1.165) is 31.7 Å². The Morgan fingerprint density at radius 2 is 2.10 bits per heavy atom. The summed E-state index contributed by atoms with van der Waals surface area (Å²) in [4.78, 5) is 0. The molecule has 1 aromatic carbocycles. The van der Waals surface area contributed by atoms with Crippen LogP contribution in [-0.4, -0.2) is 22.5 Å². The quantitative estimate of drug-likeness (QED) is 0.619. The van der Waals surface area contributed by atoms with Gasteiger partial charge in [-0.25, -0.2) is 0 Å². The van der Waals surface area contributed by atoms with Gasteiger partial charge in [0, 0.05) is 0 Å². The predicted molar refractivity (Wildman–Crippen MR) is 42.9 cm³/mol. The van der Waals surface area contributed by atoms with Gasteiger partial charge in [0.1, 0.15) is 0 Å². The summed E-state index contributed by atoms with van der Waals surface area (Å²) in [5.41, 5.74) is 1.08. The molecule has 0 bridgehead atoms.